The number of hydrogen-bond acceptors (Lipinski definition) is 2. The van der Waals surface area contributed by atoms with E-state index in [2.05, 4.69) is 18.6 Å². The summed E-state index contributed by atoms with van der Waals surface area (Å²) in [5.41, 5.74) is 0.182. The Kier molecular flexibility index (Phi) is 1.43. The van der Waals surface area contributed by atoms with Crippen LogP contribution in [0, 0.1) is 16.7 Å². The SMILES string of the molecule is CC1(C)C2CCC13CS(=O)(=O)[N]C3C2. The van der Waals surface area contributed by atoms with Crippen LogP contribution in [-0.4, -0.2) is 20.2 Å². The van der Waals surface area contributed by atoms with Crippen molar-refractivity contribution < 1.29 is 8.42 Å². The van der Waals surface area contributed by atoms with Crippen molar-refractivity contribution in [3.63, 3.8) is 0 Å². The van der Waals surface area contributed by atoms with Crippen molar-refractivity contribution in [3.05, 3.63) is 0 Å². The van der Waals surface area contributed by atoms with E-state index in [4.69, 9.17) is 0 Å². The molecule has 4 heteroatoms. The van der Waals surface area contributed by atoms with Gasteiger partial charge in [0.05, 0.1) is 5.75 Å². The zero-order valence-electron chi connectivity index (χ0n) is 8.66. The lowest BCUT2D eigenvalue weighted by atomic mass is 9.69. The Morgan fingerprint density at radius 3 is 2.64 bits per heavy atom. The van der Waals surface area contributed by atoms with E-state index < -0.39 is 10.0 Å². The van der Waals surface area contributed by atoms with Crippen molar-refractivity contribution in [2.75, 3.05) is 5.75 Å². The van der Waals surface area contributed by atoms with Gasteiger partial charge in [0, 0.05) is 11.5 Å². The minimum atomic E-state index is -3.10. The van der Waals surface area contributed by atoms with Gasteiger partial charge in [0.15, 0.2) is 0 Å². The molecule has 1 radical (unpaired) electrons. The van der Waals surface area contributed by atoms with Gasteiger partial charge in [-0.1, -0.05) is 13.8 Å². The lowest BCUT2D eigenvalue weighted by Crippen LogP contribution is -2.38. The number of rotatable bonds is 0. The molecule has 1 spiro atoms. The van der Waals surface area contributed by atoms with Crippen LogP contribution in [0.25, 0.3) is 0 Å². The first-order chi connectivity index (χ1) is 6.37. The molecule has 2 bridgehead atoms. The summed E-state index contributed by atoms with van der Waals surface area (Å²) in [6, 6.07) is 0.112. The molecule has 0 aromatic heterocycles. The van der Waals surface area contributed by atoms with E-state index in [1.807, 2.05) is 0 Å². The molecular weight excluding hydrogens is 198 g/mol. The van der Waals surface area contributed by atoms with Crippen LogP contribution in [0.5, 0.6) is 0 Å². The molecule has 14 heavy (non-hydrogen) atoms. The molecule has 3 fully saturated rings. The molecule has 3 unspecified atom stereocenters. The first-order valence-corrected chi connectivity index (χ1v) is 6.93. The number of nitrogens with zero attached hydrogens (tertiary/aromatic N) is 1. The summed E-state index contributed by atoms with van der Waals surface area (Å²) in [5.74, 6) is 1.01. The van der Waals surface area contributed by atoms with Crippen molar-refractivity contribution >= 4 is 10.0 Å². The van der Waals surface area contributed by atoms with Crippen molar-refractivity contribution in [1.82, 2.24) is 4.72 Å². The summed E-state index contributed by atoms with van der Waals surface area (Å²) < 4.78 is 27.1. The highest BCUT2D eigenvalue weighted by atomic mass is 32.2. The van der Waals surface area contributed by atoms with Gasteiger partial charge in [-0.25, -0.2) is 8.42 Å². The molecule has 2 aliphatic carbocycles. The Morgan fingerprint density at radius 1 is 1.36 bits per heavy atom. The van der Waals surface area contributed by atoms with Crippen LogP contribution in [0.15, 0.2) is 0 Å². The summed E-state index contributed by atoms with van der Waals surface area (Å²) >= 11 is 0. The molecule has 1 aliphatic heterocycles. The summed E-state index contributed by atoms with van der Waals surface area (Å²) in [4.78, 5) is 0. The topological polar surface area (TPSA) is 48.2 Å². The van der Waals surface area contributed by atoms with Gasteiger partial charge in [0.2, 0.25) is 10.0 Å². The second kappa shape index (κ2) is 2.19. The van der Waals surface area contributed by atoms with Crippen molar-refractivity contribution in [2.45, 2.75) is 39.2 Å². The van der Waals surface area contributed by atoms with Crippen LogP contribution in [0.4, 0.5) is 0 Å². The lowest BCUT2D eigenvalue weighted by Gasteiger charge is -2.35. The molecule has 3 nitrogen and oxygen atoms in total. The molecule has 0 amide bonds. The second-order valence-corrected chi connectivity index (χ2v) is 7.36. The van der Waals surface area contributed by atoms with Gasteiger partial charge in [-0.3, -0.25) is 0 Å². The van der Waals surface area contributed by atoms with Crippen LogP contribution < -0.4 is 4.72 Å². The Labute approximate surface area is 85.3 Å². The quantitative estimate of drug-likeness (QED) is 0.607. The maximum absolute atomic E-state index is 11.5. The predicted octanol–water partition coefficient (Wildman–Crippen LogP) is 1.13. The Bertz CT molecular complexity index is 387. The molecular formula is C10H16NO2S. The molecule has 2 saturated carbocycles. The minimum absolute atomic E-state index is 0.00347. The van der Waals surface area contributed by atoms with Crippen molar-refractivity contribution in [1.29, 1.82) is 0 Å². The fourth-order valence-electron chi connectivity index (χ4n) is 4.08. The molecule has 0 N–H and O–H groups in total. The van der Waals surface area contributed by atoms with Gasteiger partial charge in [-0.05, 0) is 30.6 Å². The first-order valence-electron chi connectivity index (χ1n) is 5.32. The second-order valence-electron chi connectivity index (χ2n) is 5.70. The van der Waals surface area contributed by atoms with Crippen LogP contribution in [-0.2, 0) is 10.0 Å². The van der Waals surface area contributed by atoms with E-state index in [9.17, 15) is 8.42 Å². The van der Waals surface area contributed by atoms with Gasteiger partial charge >= 0.3 is 0 Å². The number of fused-ring (bicyclic) bond motifs is 1. The maximum Gasteiger partial charge on any atom is 0.228 e. The maximum atomic E-state index is 11.5. The van der Waals surface area contributed by atoms with E-state index in [0.29, 0.717) is 11.7 Å². The smallest absolute Gasteiger partial charge is 0.211 e. The highest BCUT2D eigenvalue weighted by Crippen LogP contribution is 2.68. The Morgan fingerprint density at radius 2 is 2.07 bits per heavy atom. The van der Waals surface area contributed by atoms with Crippen LogP contribution >= 0.6 is 0 Å². The minimum Gasteiger partial charge on any atom is -0.211 e. The monoisotopic (exact) mass is 214 g/mol. The third kappa shape index (κ3) is 0.807. The largest absolute Gasteiger partial charge is 0.228 e. The molecule has 0 aromatic rings. The molecule has 1 saturated heterocycles. The van der Waals surface area contributed by atoms with E-state index in [-0.39, 0.29) is 16.9 Å². The Balaban J connectivity index is 2.13. The van der Waals surface area contributed by atoms with Crippen LogP contribution in [0.1, 0.15) is 33.1 Å². The zero-order chi connectivity index (χ0) is 10.2. The number of sulfonamides is 1. The van der Waals surface area contributed by atoms with Crippen LogP contribution in [0.2, 0.25) is 0 Å². The van der Waals surface area contributed by atoms with Crippen molar-refractivity contribution in [2.24, 2.45) is 16.7 Å². The molecule has 3 aliphatic rings. The highest BCUT2D eigenvalue weighted by Gasteiger charge is 2.69. The van der Waals surface area contributed by atoms with Gasteiger partial charge < -0.3 is 0 Å². The third-order valence-electron chi connectivity index (χ3n) is 5.12. The lowest BCUT2D eigenvalue weighted by molar-refractivity contribution is 0.146. The molecule has 0 aromatic carbocycles. The van der Waals surface area contributed by atoms with E-state index in [0.717, 1.165) is 12.8 Å². The fourth-order valence-corrected chi connectivity index (χ4v) is 6.19. The Hall–Kier alpha value is -0.0900. The van der Waals surface area contributed by atoms with Crippen molar-refractivity contribution in [3.8, 4) is 0 Å². The van der Waals surface area contributed by atoms with E-state index >= 15 is 0 Å². The zero-order valence-corrected chi connectivity index (χ0v) is 9.47. The first kappa shape index (κ1) is 9.16. The third-order valence-corrected chi connectivity index (χ3v) is 6.57. The highest BCUT2D eigenvalue weighted by molar-refractivity contribution is 7.89. The molecule has 1 heterocycles. The average molecular weight is 214 g/mol. The van der Waals surface area contributed by atoms with Crippen LogP contribution in [0.3, 0.4) is 0 Å². The standard InChI is InChI=1S/C10H16NO2S/c1-9(2)7-3-4-10(9)6-14(12,13)11-8(10)5-7/h7-8H,3-6H2,1-2H3. The summed E-state index contributed by atoms with van der Waals surface area (Å²) in [6.45, 7) is 4.47. The van der Waals surface area contributed by atoms with Gasteiger partial charge in [-0.2, -0.15) is 0 Å². The summed E-state index contributed by atoms with van der Waals surface area (Å²) in [7, 11) is -3.10. The fraction of sp³-hybridized carbons (Fsp3) is 1.00. The van der Waals surface area contributed by atoms with Gasteiger partial charge in [-0.15, -0.1) is 4.72 Å². The van der Waals surface area contributed by atoms with E-state index in [1.165, 1.54) is 6.42 Å². The van der Waals surface area contributed by atoms with Gasteiger partial charge in [0.25, 0.3) is 0 Å². The predicted molar refractivity (Wildman–Crippen MR) is 53.3 cm³/mol. The van der Waals surface area contributed by atoms with E-state index in [1.54, 1.807) is 0 Å². The summed E-state index contributed by atoms with van der Waals surface area (Å²) in [5, 5.41) is 0. The molecule has 3 rings (SSSR count). The molecule has 3 atom stereocenters. The number of hydrogen-bond donors (Lipinski definition) is 0. The summed E-state index contributed by atoms with van der Waals surface area (Å²) in [6.07, 6.45) is 3.28. The van der Waals surface area contributed by atoms with Gasteiger partial charge in [0.1, 0.15) is 0 Å². The normalized spacial score (nSPS) is 52.1. The molecule has 79 valence electrons. The average Bonchev–Trinajstić information content (AvgIpc) is 2.50.